The maximum atomic E-state index is 7.57. The Hall–Kier alpha value is -0.480. The van der Waals surface area contributed by atoms with Crippen LogP contribution >= 0.6 is 12.4 Å². The maximum Gasteiger partial charge on any atom is 0.183 e. The molecule has 0 rings (SSSR count). The van der Waals surface area contributed by atoms with Gasteiger partial charge in [-0.05, 0) is 6.92 Å². The van der Waals surface area contributed by atoms with Crippen LogP contribution in [0.2, 0.25) is 0 Å². The van der Waals surface area contributed by atoms with Gasteiger partial charge in [-0.3, -0.25) is 5.41 Å². The Balaban J connectivity index is -0.0000000575. The van der Waals surface area contributed by atoms with Gasteiger partial charge in [0.2, 0.25) is 0 Å². The van der Waals surface area contributed by atoms with E-state index in [0.717, 1.165) is 0 Å². The molecule has 0 bridgehead atoms. The van der Waals surface area contributed by atoms with E-state index in [1.807, 2.05) is 0 Å². The highest BCUT2D eigenvalue weighted by Crippen LogP contribution is 1.30. The minimum Gasteiger partial charge on any atom is -0.397 e. The SMILES string of the molecule is CCO.Cl.N=C(N)N. The molecule has 4 nitrogen and oxygen atoms in total. The molecule has 0 radical (unpaired) electrons. The van der Waals surface area contributed by atoms with Crippen LogP contribution in [-0.4, -0.2) is 17.7 Å². The minimum absolute atomic E-state index is 0. The molecule has 0 aromatic heterocycles. The molecule has 5 heteroatoms. The van der Waals surface area contributed by atoms with Crippen LogP contribution in [0.25, 0.3) is 0 Å². The van der Waals surface area contributed by atoms with Crippen molar-refractivity contribution < 1.29 is 5.11 Å². The Morgan fingerprint density at radius 2 is 1.62 bits per heavy atom. The topological polar surface area (TPSA) is 96.1 Å². The summed E-state index contributed by atoms with van der Waals surface area (Å²) < 4.78 is 0. The van der Waals surface area contributed by atoms with Crippen LogP contribution in [0.15, 0.2) is 0 Å². The molecule has 6 N–H and O–H groups in total. The van der Waals surface area contributed by atoms with E-state index < -0.39 is 0 Å². The van der Waals surface area contributed by atoms with Crippen molar-refractivity contribution in [3.05, 3.63) is 0 Å². The number of rotatable bonds is 0. The zero-order valence-electron chi connectivity index (χ0n) is 4.72. The summed E-state index contributed by atoms with van der Waals surface area (Å²) in [5.41, 5.74) is 8.94. The first kappa shape index (κ1) is 15.6. The summed E-state index contributed by atoms with van der Waals surface area (Å²) in [4.78, 5) is 0. The van der Waals surface area contributed by atoms with Crippen LogP contribution < -0.4 is 11.5 Å². The highest BCUT2D eigenvalue weighted by Gasteiger charge is 1.52. The lowest BCUT2D eigenvalue weighted by Gasteiger charge is -1.69. The van der Waals surface area contributed by atoms with Crippen LogP contribution in [0, 0.1) is 5.41 Å². The summed E-state index contributed by atoms with van der Waals surface area (Å²) in [6.07, 6.45) is 0. The van der Waals surface area contributed by atoms with Gasteiger partial charge in [0, 0.05) is 6.61 Å². The van der Waals surface area contributed by atoms with Gasteiger partial charge in [0.15, 0.2) is 5.96 Å². The summed E-state index contributed by atoms with van der Waals surface area (Å²) in [7, 11) is 0. The predicted molar refractivity (Wildman–Crippen MR) is 36.1 cm³/mol. The van der Waals surface area contributed by atoms with E-state index in [-0.39, 0.29) is 25.0 Å². The van der Waals surface area contributed by atoms with E-state index in [9.17, 15) is 0 Å². The smallest absolute Gasteiger partial charge is 0.183 e. The summed E-state index contributed by atoms with van der Waals surface area (Å²) in [6.45, 7) is 1.93. The Morgan fingerprint density at radius 3 is 1.62 bits per heavy atom. The standard InChI is InChI=1S/C2H6O.CH5N3.ClH/c1-2-3;2-1(3)4;/h3H,2H2,1H3;(H5,2,3,4);1H. The molecule has 0 aromatic rings. The molecule has 0 heterocycles. The first-order valence-electron chi connectivity index (χ1n) is 1.85. The molecule has 0 aliphatic carbocycles. The molecule has 0 atom stereocenters. The number of nitrogens with two attached hydrogens (primary N) is 2. The van der Waals surface area contributed by atoms with Crippen LogP contribution in [-0.2, 0) is 0 Å². The summed E-state index contributed by atoms with van der Waals surface area (Å²) in [5.74, 6) is -0.333. The normalized spacial score (nSPS) is 5.25. The largest absolute Gasteiger partial charge is 0.397 e. The second-order valence-electron chi connectivity index (χ2n) is 0.772. The fourth-order valence-electron chi connectivity index (χ4n) is 0. The second kappa shape index (κ2) is 16.0. The van der Waals surface area contributed by atoms with Crippen molar-refractivity contribution in [3.8, 4) is 0 Å². The Labute approximate surface area is 54.8 Å². The van der Waals surface area contributed by atoms with Gasteiger partial charge in [-0.25, -0.2) is 0 Å². The van der Waals surface area contributed by atoms with E-state index >= 15 is 0 Å². The molecule has 52 valence electrons. The number of hydrogen-bond donors (Lipinski definition) is 4. The van der Waals surface area contributed by atoms with Crippen molar-refractivity contribution in [1.29, 1.82) is 5.41 Å². The number of aliphatic hydroxyl groups excluding tert-OH is 1. The summed E-state index contributed by atoms with van der Waals surface area (Å²) >= 11 is 0. The van der Waals surface area contributed by atoms with Gasteiger partial charge < -0.3 is 16.6 Å². The number of aliphatic hydroxyl groups is 1. The quantitative estimate of drug-likeness (QED) is 0.264. The van der Waals surface area contributed by atoms with Crippen LogP contribution in [0.1, 0.15) is 6.92 Å². The highest BCUT2D eigenvalue weighted by molar-refractivity contribution is 5.85. The van der Waals surface area contributed by atoms with Crippen molar-refractivity contribution in [2.24, 2.45) is 11.5 Å². The molecule has 0 aliphatic rings. The van der Waals surface area contributed by atoms with Crippen molar-refractivity contribution in [2.75, 3.05) is 6.61 Å². The van der Waals surface area contributed by atoms with Gasteiger partial charge in [0.1, 0.15) is 0 Å². The van der Waals surface area contributed by atoms with Gasteiger partial charge in [0.05, 0.1) is 0 Å². The van der Waals surface area contributed by atoms with Gasteiger partial charge in [0.25, 0.3) is 0 Å². The average Bonchev–Trinajstić information content (AvgIpc) is 1.33. The Morgan fingerprint density at radius 1 is 1.62 bits per heavy atom. The van der Waals surface area contributed by atoms with Crippen LogP contribution in [0.5, 0.6) is 0 Å². The number of hydrogen-bond acceptors (Lipinski definition) is 2. The van der Waals surface area contributed by atoms with Gasteiger partial charge in [-0.1, -0.05) is 0 Å². The lowest BCUT2D eigenvalue weighted by Crippen LogP contribution is -2.20. The fourth-order valence-corrected chi connectivity index (χ4v) is 0. The summed E-state index contributed by atoms with van der Waals surface area (Å²) in [5, 5.41) is 13.6. The van der Waals surface area contributed by atoms with Crippen LogP contribution in [0.3, 0.4) is 0 Å². The third kappa shape index (κ3) is 489. The van der Waals surface area contributed by atoms with Crippen molar-refractivity contribution >= 4 is 18.4 Å². The Bertz CT molecular complexity index is 45.8. The number of nitrogens with one attached hydrogen (secondary N) is 1. The predicted octanol–water partition coefficient (Wildman–Crippen LogP) is -0.741. The third-order valence-corrected chi connectivity index (χ3v) is 0. The molecule has 0 fully saturated rings. The van der Waals surface area contributed by atoms with Gasteiger partial charge >= 0.3 is 0 Å². The van der Waals surface area contributed by atoms with Crippen molar-refractivity contribution in [2.45, 2.75) is 6.92 Å². The van der Waals surface area contributed by atoms with Crippen molar-refractivity contribution in [3.63, 3.8) is 0 Å². The van der Waals surface area contributed by atoms with Crippen molar-refractivity contribution in [1.82, 2.24) is 0 Å². The highest BCUT2D eigenvalue weighted by atomic mass is 35.5. The molecule has 0 unspecified atom stereocenters. The molecular formula is C3H12ClN3O. The zero-order chi connectivity index (χ0) is 6.28. The molecule has 0 aromatic carbocycles. The maximum absolute atomic E-state index is 7.57. The first-order valence-corrected chi connectivity index (χ1v) is 1.85. The fraction of sp³-hybridized carbons (Fsp3) is 0.667. The molecule has 8 heavy (non-hydrogen) atoms. The lowest BCUT2D eigenvalue weighted by atomic mass is 10.9. The van der Waals surface area contributed by atoms with Gasteiger partial charge in [-0.2, -0.15) is 0 Å². The lowest BCUT2D eigenvalue weighted by molar-refractivity contribution is 0.318. The molecule has 0 aliphatic heterocycles. The second-order valence-corrected chi connectivity index (χ2v) is 0.772. The molecular weight excluding hydrogens is 130 g/mol. The Kier molecular flexibility index (Phi) is 31.4. The molecule has 0 spiro atoms. The van der Waals surface area contributed by atoms with Crippen LogP contribution in [0.4, 0.5) is 0 Å². The monoisotopic (exact) mass is 141 g/mol. The minimum atomic E-state index is -0.333. The average molecular weight is 142 g/mol. The molecule has 0 saturated carbocycles. The van der Waals surface area contributed by atoms with Gasteiger partial charge in [-0.15, -0.1) is 12.4 Å². The molecule has 0 amide bonds. The third-order valence-electron chi connectivity index (χ3n) is 0. The van der Waals surface area contributed by atoms with E-state index in [4.69, 9.17) is 10.5 Å². The molecule has 0 saturated heterocycles. The van der Waals surface area contributed by atoms with E-state index in [1.165, 1.54) is 0 Å². The first-order chi connectivity index (χ1) is 3.15. The van der Waals surface area contributed by atoms with E-state index in [0.29, 0.717) is 0 Å². The van der Waals surface area contributed by atoms with E-state index in [2.05, 4.69) is 11.5 Å². The number of halogens is 1. The number of guanidine groups is 1. The van der Waals surface area contributed by atoms with E-state index in [1.54, 1.807) is 6.92 Å². The summed E-state index contributed by atoms with van der Waals surface area (Å²) in [6, 6.07) is 0. The zero-order valence-corrected chi connectivity index (χ0v) is 5.53.